The van der Waals surface area contributed by atoms with Crippen LogP contribution in [0.4, 0.5) is 17.1 Å². The Morgan fingerprint density at radius 1 is 1.00 bits per heavy atom. The summed E-state index contributed by atoms with van der Waals surface area (Å²) >= 11 is 0. The Hall–Kier alpha value is -2.74. The lowest BCUT2D eigenvalue weighted by atomic mass is 10.2. The summed E-state index contributed by atoms with van der Waals surface area (Å²) in [7, 11) is 0. The van der Waals surface area contributed by atoms with Gasteiger partial charge in [-0.25, -0.2) is 4.98 Å². The van der Waals surface area contributed by atoms with Crippen LogP contribution >= 0.6 is 0 Å². The number of nitrogens with zero attached hydrogens (tertiary/aromatic N) is 4. The van der Waals surface area contributed by atoms with Crippen molar-refractivity contribution in [1.29, 1.82) is 5.26 Å². The molecule has 2 aromatic rings. The van der Waals surface area contributed by atoms with E-state index in [0.717, 1.165) is 37.6 Å². The molecule has 1 aliphatic heterocycles. The molecule has 1 aliphatic rings. The third kappa shape index (κ3) is 2.90. The van der Waals surface area contributed by atoms with Gasteiger partial charge in [0.05, 0.1) is 0 Å². The Morgan fingerprint density at radius 2 is 1.67 bits per heavy atom. The molecule has 0 bridgehead atoms. The Morgan fingerprint density at radius 3 is 2.29 bits per heavy atom. The highest BCUT2D eigenvalue weighted by atomic mass is 15.3. The molecular formula is C16H17N5. The topological polar surface area (TPSA) is 69.2 Å². The van der Waals surface area contributed by atoms with Crippen LogP contribution in [0.1, 0.15) is 5.69 Å². The SMILES string of the molecule is N#Cc1cc(N2CCN(c3cccc(N)c3)CC2)ccn1. The molecule has 0 unspecified atom stereocenters. The van der Waals surface area contributed by atoms with Gasteiger partial charge in [0.15, 0.2) is 0 Å². The Labute approximate surface area is 124 Å². The van der Waals surface area contributed by atoms with Crippen LogP contribution in [-0.2, 0) is 0 Å². The molecule has 0 atom stereocenters. The predicted molar refractivity (Wildman–Crippen MR) is 84.2 cm³/mol. The van der Waals surface area contributed by atoms with Gasteiger partial charge in [0.25, 0.3) is 0 Å². The second kappa shape index (κ2) is 5.71. The van der Waals surface area contributed by atoms with Gasteiger partial charge >= 0.3 is 0 Å². The third-order valence-corrected chi connectivity index (χ3v) is 3.74. The highest BCUT2D eigenvalue weighted by Gasteiger charge is 2.18. The van der Waals surface area contributed by atoms with E-state index < -0.39 is 0 Å². The molecule has 21 heavy (non-hydrogen) atoms. The molecule has 1 aromatic heterocycles. The number of nitriles is 1. The van der Waals surface area contributed by atoms with Crippen molar-refractivity contribution in [1.82, 2.24) is 4.98 Å². The van der Waals surface area contributed by atoms with Crippen LogP contribution in [0.25, 0.3) is 0 Å². The van der Waals surface area contributed by atoms with Gasteiger partial charge in [0.1, 0.15) is 11.8 Å². The molecule has 0 radical (unpaired) electrons. The van der Waals surface area contributed by atoms with Crippen LogP contribution < -0.4 is 15.5 Å². The first-order valence-electron chi connectivity index (χ1n) is 6.98. The zero-order valence-corrected chi connectivity index (χ0v) is 11.7. The van der Waals surface area contributed by atoms with E-state index >= 15 is 0 Å². The fourth-order valence-corrected chi connectivity index (χ4v) is 2.62. The Bertz CT molecular complexity index is 668. The molecule has 3 rings (SSSR count). The molecule has 5 heteroatoms. The largest absolute Gasteiger partial charge is 0.399 e. The van der Waals surface area contributed by atoms with Crippen LogP contribution in [0.3, 0.4) is 0 Å². The maximum atomic E-state index is 8.93. The number of pyridine rings is 1. The molecule has 5 nitrogen and oxygen atoms in total. The lowest BCUT2D eigenvalue weighted by Gasteiger charge is -2.37. The van der Waals surface area contributed by atoms with Gasteiger partial charge in [-0.2, -0.15) is 5.26 Å². The summed E-state index contributed by atoms with van der Waals surface area (Å²) in [5.74, 6) is 0. The normalized spacial score (nSPS) is 14.8. The number of anilines is 3. The van der Waals surface area contributed by atoms with Crippen LogP contribution in [0.15, 0.2) is 42.6 Å². The number of piperazine rings is 1. The van der Waals surface area contributed by atoms with E-state index in [4.69, 9.17) is 11.0 Å². The van der Waals surface area contributed by atoms with Gasteiger partial charge in [-0.1, -0.05) is 6.07 Å². The van der Waals surface area contributed by atoms with Gasteiger partial charge in [0.2, 0.25) is 0 Å². The van der Waals surface area contributed by atoms with Crippen molar-refractivity contribution >= 4 is 17.1 Å². The number of aromatic nitrogens is 1. The van der Waals surface area contributed by atoms with E-state index in [1.54, 1.807) is 6.20 Å². The van der Waals surface area contributed by atoms with Crippen LogP contribution in [0, 0.1) is 11.3 Å². The van der Waals surface area contributed by atoms with E-state index in [9.17, 15) is 0 Å². The highest BCUT2D eigenvalue weighted by Crippen LogP contribution is 2.22. The smallest absolute Gasteiger partial charge is 0.142 e. The van der Waals surface area contributed by atoms with E-state index in [2.05, 4.69) is 26.9 Å². The number of nitrogen functional groups attached to an aromatic ring is 1. The monoisotopic (exact) mass is 279 g/mol. The molecule has 0 aliphatic carbocycles. The molecule has 0 amide bonds. The lowest BCUT2D eigenvalue weighted by molar-refractivity contribution is 0.653. The third-order valence-electron chi connectivity index (χ3n) is 3.74. The number of hydrogen-bond donors (Lipinski definition) is 1. The van der Waals surface area contributed by atoms with Crippen molar-refractivity contribution in [2.24, 2.45) is 0 Å². The minimum atomic E-state index is 0.464. The lowest BCUT2D eigenvalue weighted by Crippen LogP contribution is -2.46. The van der Waals surface area contributed by atoms with Crippen molar-refractivity contribution in [3.05, 3.63) is 48.3 Å². The average Bonchev–Trinajstić information content (AvgIpc) is 2.55. The molecule has 1 saturated heterocycles. The summed E-state index contributed by atoms with van der Waals surface area (Å²) in [4.78, 5) is 8.63. The standard InChI is InChI=1S/C16H17N5/c17-12-14-11-16(4-5-19-14)21-8-6-20(7-9-21)15-3-1-2-13(18)10-15/h1-5,10-11H,6-9,18H2. The van der Waals surface area contributed by atoms with E-state index in [-0.39, 0.29) is 0 Å². The first-order chi connectivity index (χ1) is 10.3. The molecular weight excluding hydrogens is 262 g/mol. The summed E-state index contributed by atoms with van der Waals surface area (Å²) in [5, 5.41) is 8.93. The molecule has 1 fully saturated rings. The molecule has 2 N–H and O–H groups in total. The van der Waals surface area contributed by atoms with E-state index in [1.807, 2.05) is 30.3 Å². The molecule has 2 heterocycles. The zero-order valence-electron chi connectivity index (χ0n) is 11.7. The van der Waals surface area contributed by atoms with Gasteiger partial charge in [-0.3, -0.25) is 0 Å². The molecule has 0 saturated carbocycles. The quantitative estimate of drug-likeness (QED) is 0.850. The number of benzene rings is 1. The first kappa shape index (κ1) is 13.3. The second-order valence-electron chi connectivity index (χ2n) is 5.08. The molecule has 0 spiro atoms. The predicted octanol–water partition coefficient (Wildman–Crippen LogP) is 1.86. The van der Waals surface area contributed by atoms with Crippen molar-refractivity contribution in [3.8, 4) is 6.07 Å². The minimum Gasteiger partial charge on any atom is -0.399 e. The van der Waals surface area contributed by atoms with Crippen LogP contribution in [0.2, 0.25) is 0 Å². The number of rotatable bonds is 2. The summed E-state index contributed by atoms with van der Waals surface area (Å²) < 4.78 is 0. The fraction of sp³-hybridized carbons (Fsp3) is 0.250. The Balaban J connectivity index is 1.69. The van der Waals surface area contributed by atoms with Crippen molar-refractivity contribution in [3.63, 3.8) is 0 Å². The second-order valence-corrected chi connectivity index (χ2v) is 5.08. The fourth-order valence-electron chi connectivity index (χ4n) is 2.62. The van der Waals surface area contributed by atoms with E-state index in [1.165, 1.54) is 5.69 Å². The first-order valence-corrected chi connectivity index (χ1v) is 6.98. The molecule has 106 valence electrons. The van der Waals surface area contributed by atoms with Gasteiger partial charge < -0.3 is 15.5 Å². The maximum absolute atomic E-state index is 8.93. The van der Waals surface area contributed by atoms with Gasteiger partial charge in [0, 0.05) is 49.4 Å². The zero-order chi connectivity index (χ0) is 14.7. The summed E-state index contributed by atoms with van der Waals surface area (Å²) in [5.41, 5.74) is 9.33. The maximum Gasteiger partial charge on any atom is 0.142 e. The van der Waals surface area contributed by atoms with Crippen molar-refractivity contribution in [2.45, 2.75) is 0 Å². The number of hydrogen-bond acceptors (Lipinski definition) is 5. The van der Waals surface area contributed by atoms with E-state index in [0.29, 0.717) is 5.69 Å². The number of nitrogens with two attached hydrogens (primary N) is 1. The molecule has 1 aromatic carbocycles. The van der Waals surface area contributed by atoms with Crippen LogP contribution in [-0.4, -0.2) is 31.2 Å². The van der Waals surface area contributed by atoms with Crippen molar-refractivity contribution < 1.29 is 0 Å². The Kier molecular flexibility index (Phi) is 3.61. The van der Waals surface area contributed by atoms with Crippen molar-refractivity contribution in [2.75, 3.05) is 41.7 Å². The summed E-state index contributed by atoms with van der Waals surface area (Å²) in [6.07, 6.45) is 1.69. The average molecular weight is 279 g/mol. The van der Waals surface area contributed by atoms with Gasteiger partial charge in [-0.15, -0.1) is 0 Å². The minimum absolute atomic E-state index is 0.464. The summed E-state index contributed by atoms with van der Waals surface area (Å²) in [6, 6.07) is 13.9. The highest BCUT2D eigenvalue weighted by molar-refractivity contribution is 5.57. The summed E-state index contributed by atoms with van der Waals surface area (Å²) in [6.45, 7) is 3.72. The van der Waals surface area contributed by atoms with Crippen LogP contribution in [0.5, 0.6) is 0 Å². The van der Waals surface area contributed by atoms with Gasteiger partial charge in [-0.05, 0) is 30.3 Å².